The van der Waals surface area contributed by atoms with Crippen LogP contribution >= 0.6 is 0 Å². The maximum atomic E-state index is 9.08. The number of β-amino-alcohol motifs (C(OH)–C–C–N with tert-alkyl or cyclic N) is 1. The first kappa shape index (κ1) is 15.7. The second kappa shape index (κ2) is 7.38. The number of piperidine rings is 1. The van der Waals surface area contributed by atoms with E-state index in [2.05, 4.69) is 28.2 Å². The quantitative estimate of drug-likeness (QED) is 0.843. The molecule has 122 valence electrons. The van der Waals surface area contributed by atoms with Gasteiger partial charge in [0.15, 0.2) is 0 Å². The standard InChI is InChI=1S/C17H28N4O/c1-13-10-16(15-5-2-6-15)20-17(19-13)18-11-14-4-3-7-21(12-14)8-9-22/h10,14-15,22H,2-9,11-12H2,1H3,(H,18,19,20). The molecular formula is C17H28N4O. The molecule has 0 spiro atoms. The Kier molecular flexibility index (Phi) is 5.26. The van der Waals surface area contributed by atoms with Gasteiger partial charge in [0.1, 0.15) is 0 Å². The summed E-state index contributed by atoms with van der Waals surface area (Å²) in [6, 6.07) is 2.14. The molecule has 0 amide bonds. The van der Waals surface area contributed by atoms with Crippen molar-refractivity contribution in [1.82, 2.24) is 14.9 Å². The zero-order valence-corrected chi connectivity index (χ0v) is 13.6. The van der Waals surface area contributed by atoms with Gasteiger partial charge in [-0.1, -0.05) is 6.42 Å². The lowest BCUT2D eigenvalue weighted by Crippen LogP contribution is -2.39. The summed E-state index contributed by atoms with van der Waals surface area (Å²) < 4.78 is 0. The van der Waals surface area contributed by atoms with E-state index in [9.17, 15) is 0 Å². The van der Waals surface area contributed by atoms with Gasteiger partial charge in [-0.2, -0.15) is 0 Å². The van der Waals surface area contributed by atoms with Crippen LogP contribution in [0.15, 0.2) is 6.07 Å². The zero-order valence-electron chi connectivity index (χ0n) is 13.6. The van der Waals surface area contributed by atoms with Crippen LogP contribution < -0.4 is 5.32 Å². The molecule has 1 aliphatic heterocycles. The average Bonchev–Trinajstić information content (AvgIpc) is 2.44. The van der Waals surface area contributed by atoms with Crippen LogP contribution in [0.25, 0.3) is 0 Å². The minimum atomic E-state index is 0.256. The molecule has 2 N–H and O–H groups in total. The van der Waals surface area contributed by atoms with Crippen LogP contribution in [-0.2, 0) is 0 Å². The first-order valence-electron chi connectivity index (χ1n) is 8.67. The van der Waals surface area contributed by atoms with Gasteiger partial charge in [-0.3, -0.25) is 0 Å². The molecule has 2 heterocycles. The molecule has 5 nitrogen and oxygen atoms in total. The van der Waals surface area contributed by atoms with Gasteiger partial charge in [0, 0.05) is 36.9 Å². The highest BCUT2D eigenvalue weighted by Gasteiger charge is 2.22. The molecular weight excluding hydrogens is 276 g/mol. The normalized spacial score (nSPS) is 23.3. The summed E-state index contributed by atoms with van der Waals surface area (Å²) in [5.74, 6) is 2.06. The van der Waals surface area contributed by atoms with E-state index >= 15 is 0 Å². The van der Waals surface area contributed by atoms with Gasteiger partial charge < -0.3 is 15.3 Å². The Morgan fingerprint density at radius 1 is 1.27 bits per heavy atom. The third kappa shape index (κ3) is 3.96. The van der Waals surface area contributed by atoms with Crippen molar-refractivity contribution >= 4 is 5.95 Å². The number of aliphatic hydroxyl groups is 1. The number of anilines is 1. The number of aliphatic hydroxyl groups excluding tert-OH is 1. The van der Waals surface area contributed by atoms with Gasteiger partial charge in [-0.05, 0) is 51.1 Å². The van der Waals surface area contributed by atoms with Crippen molar-refractivity contribution in [2.75, 3.05) is 38.1 Å². The molecule has 1 aromatic rings. The van der Waals surface area contributed by atoms with Crippen molar-refractivity contribution in [3.8, 4) is 0 Å². The Balaban J connectivity index is 1.55. The fraction of sp³-hybridized carbons (Fsp3) is 0.765. The molecule has 0 aromatic carbocycles. The van der Waals surface area contributed by atoms with Crippen LogP contribution in [-0.4, -0.2) is 52.8 Å². The maximum absolute atomic E-state index is 9.08. The average molecular weight is 304 g/mol. The molecule has 1 atom stereocenters. The SMILES string of the molecule is Cc1cc(C2CCC2)nc(NCC2CCCN(CCO)C2)n1. The first-order chi connectivity index (χ1) is 10.7. The molecule has 1 aromatic heterocycles. The van der Waals surface area contributed by atoms with E-state index in [4.69, 9.17) is 10.1 Å². The molecule has 1 unspecified atom stereocenters. The lowest BCUT2D eigenvalue weighted by molar-refractivity contribution is 0.144. The number of likely N-dealkylation sites (tertiary alicyclic amines) is 1. The van der Waals surface area contributed by atoms with E-state index in [0.29, 0.717) is 11.8 Å². The number of aromatic nitrogens is 2. The summed E-state index contributed by atoms with van der Waals surface area (Å²) in [4.78, 5) is 11.6. The van der Waals surface area contributed by atoms with Gasteiger partial charge in [-0.25, -0.2) is 9.97 Å². The first-order valence-corrected chi connectivity index (χ1v) is 8.67. The van der Waals surface area contributed by atoms with E-state index in [-0.39, 0.29) is 6.61 Å². The van der Waals surface area contributed by atoms with Crippen LogP contribution in [0.2, 0.25) is 0 Å². The third-order valence-electron chi connectivity index (χ3n) is 4.97. The van der Waals surface area contributed by atoms with Crippen LogP contribution in [0.4, 0.5) is 5.95 Å². The molecule has 1 saturated heterocycles. The summed E-state index contributed by atoms with van der Waals surface area (Å²) in [6.07, 6.45) is 6.34. The van der Waals surface area contributed by atoms with Crippen molar-refractivity contribution < 1.29 is 5.11 Å². The third-order valence-corrected chi connectivity index (χ3v) is 4.97. The minimum absolute atomic E-state index is 0.256. The van der Waals surface area contributed by atoms with Crippen molar-refractivity contribution in [2.24, 2.45) is 5.92 Å². The summed E-state index contributed by atoms with van der Waals surface area (Å²) in [5.41, 5.74) is 2.27. The Hall–Kier alpha value is -1.20. The molecule has 1 saturated carbocycles. The molecule has 2 aliphatic rings. The van der Waals surface area contributed by atoms with Crippen LogP contribution in [0.1, 0.15) is 49.4 Å². The van der Waals surface area contributed by atoms with Crippen molar-refractivity contribution in [3.63, 3.8) is 0 Å². The molecule has 5 heteroatoms. The van der Waals surface area contributed by atoms with E-state index < -0.39 is 0 Å². The maximum Gasteiger partial charge on any atom is 0.223 e. The van der Waals surface area contributed by atoms with Crippen LogP contribution in [0.5, 0.6) is 0 Å². The Labute approximate surface area is 133 Å². The summed E-state index contributed by atoms with van der Waals surface area (Å²) in [6.45, 7) is 6.21. The molecule has 3 rings (SSSR count). The van der Waals surface area contributed by atoms with Gasteiger partial charge in [0.25, 0.3) is 0 Å². The van der Waals surface area contributed by atoms with Crippen molar-refractivity contribution in [2.45, 2.75) is 44.9 Å². The lowest BCUT2D eigenvalue weighted by Gasteiger charge is -2.32. The predicted octanol–water partition coefficient (Wildman–Crippen LogP) is 2.17. The van der Waals surface area contributed by atoms with Crippen molar-refractivity contribution in [3.05, 3.63) is 17.5 Å². The summed E-state index contributed by atoms with van der Waals surface area (Å²) in [5, 5.41) is 12.5. The monoisotopic (exact) mass is 304 g/mol. The highest BCUT2D eigenvalue weighted by atomic mass is 16.3. The number of hydrogen-bond donors (Lipinski definition) is 2. The second-order valence-corrected chi connectivity index (χ2v) is 6.80. The molecule has 22 heavy (non-hydrogen) atoms. The van der Waals surface area contributed by atoms with E-state index in [1.807, 2.05) is 0 Å². The summed E-state index contributed by atoms with van der Waals surface area (Å²) >= 11 is 0. The van der Waals surface area contributed by atoms with Crippen molar-refractivity contribution in [1.29, 1.82) is 0 Å². The second-order valence-electron chi connectivity index (χ2n) is 6.80. The fourth-order valence-corrected chi connectivity index (χ4v) is 3.48. The Morgan fingerprint density at radius 3 is 2.86 bits per heavy atom. The molecule has 1 aliphatic carbocycles. The largest absolute Gasteiger partial charge is 0.395 e. The van der Waals surface area contributed by atoms with E-state index in [1.165, 1.54) is 37.8 Å². The molecule has 0 radical (unpaired) electrons. The molecule has 2 fully saturated rings. The smallest absolute Gasteiger partial charge is 0.223 e. The van der Waals surface area contributed by atoms with Crippen LogP contribution in [0.3, 0.4) is 0 Å². The number of aryl methyl sites for hydroxylation is 1. The van der Waals surface area contributed by atoms with Crippen LogP contribution in [0, 0.1) is 12.8 Å². The number of rotatable bonds is 6. The zero-order chi connectivity index (χ0) is 15.4. The Morgan fingerprint density at radius 2 is 2.14 bits per heavy atom. The van der Waals surface area contributed by atoms with Gasteiger partial charge in [-0.15, -0.1) is 0 Å². The minimum Gasteiger partial charge on any atom is -0.395 e. The molecule has 0 bridgehead atoms. The van der Waals surface area contributed by atoms with Gasteiger partial charge in [0.05, 0.1) is 6.61 Å². The predicted molar refractivity (Wildman–Crippen MR) is 88.1 cm³/mol. The van der Waals surface area contributed by atoms with E-state index in [0.717, 1.165) is 37.8 Å². The lowest BCUT2D eigenvalue weighted by atomic mass is 9.83. The Bertz CT molecular complexity index is 488. The topological polar surface area (TPSA) is 61.3 Å². The summed E-state index contributed by atoms with van der Waals surface area (Å²) in [7, 11) is 0. The van der Waals surface area contributed by atoms with Gasteiger partial charge in [0.2, 0.25) is 5.95 Å². The number of nitrogens with zero attached hydrogens (tertiary/aromatic N) is 3. The number of nitrogens with one attached hydrogen (secondary N) is 1. The fourth-order valence-electron chi connectivity index (χ4n) is 3.48. The highest BCUT2D eigenvalue weighted by molar-refractivity contribution is 5.30. The van der Waals surface area contributed by atoms with Gasteiger partial charge >= 0.3 is 0 Å². The number of hydrogen-bond acceptors (Lipinski definition) is 5. The van der Waals surface area contributed by atoms with E-state index in [1.54, 1.807) is 0 Å². The highest BCUT2D eigenvalue weighted by Crippen LogP contribution is 2.35.